The fourth-order valence-corrected chi connectivity index (χ4v) is 3.53. The van der Waals surface area contributed by atoms with Crippen LogP contribution in [-0.4, -0.2) is 25.0 Å². The molecule has 2 nitrogen and oxygen atoms in total. The molecular formula is C25H25FN2. The van der Waals surface area contributed by atoms with E-state index in [1.807, 2.05) is 72.8 Å². The lowest BCUT2D eigenvalue weighted by atomic mass is 9.73. The molecule has 142 valence electrons. The minimum absolute atomic E-state index is 0.207. The van der Waals surface area contributed by atoms with Crippen molar-refractivity contribution in [2.75, 3.05) is 20.1 Å². The molecular weight excluding hydrogens is 347 g/mol. The van der Waals surface area contributed by atoms with Crippen molar-refractivity contribution in [2.45, 2.75) is 18.3 Å². The normalized spacial score (nSPS) is 11.4. The van der Waals surface area contributed by atoms with E-state index in [0.29, 0.717) is 6.42 Å². The fourth-order valence-electron chi connectivity index (χ4n) is 3.53. The molecule has 0 spiro atoms. The third-order valence-corrected chi connectivity index (χ3v) is 5.29. The molecule has 0 atom stereocenters. The second kappa shape index (κ2) is 9.30. The van der Waals surface area contributed by atoms with Gasteiger partial charge in [0.2, 0.25) is 0 Å². The zero-order chi connectivity index (χ0) is 19.8. The molecule has 0 saturated carbocycles. The van der Waals surface area contributed by atoms with E-state index in [9.17, 15) is 9.65 Å². The first-order valence-electron chi connectivity index (χ1n) is 9.59. The van der Waals surface area contributed by atoms with Crippen LogP contribution < -0.4 is 0 Å². The molecule has 0 bridgehead atoms. The number of halogens is 1. The number of rotatable bonds is 8. The Hall–Kier alpha value is -2.96. The number of benzene rings is 3. The van der Waals surface area contributed by atoms with E-state index in [2.05, 4.69) is 18.0 Å². The van der Waals surface area contributed by atoms with Gasteiger partial charge >= 0.3 is 0 Å². The van der Waals surface area contributed by atoms with Gasteiger partial charge in [-0.1, -0.05) is 72.8 Å². The molecule has 0 aliphatic carbocycles. The molecule has 0 saturated heterocycles. The Morgan fingerprint density at radius 3 is 1.86 bits per heavy atom. The van der Waals surface area contributed by atoms with Gasteiger partial charge in [0, 0.05) is 13.1 Å². The molecule has 0 radical (unpaired) electrons. The van der Waals surface area contributed by atoms with E-state index in [0.717, 1.165) is 36.2 Å². The molecule has 0 heterocycles. The van der Waals surface area contributed by atoms with Gasteiger partial charge in [-0.05, 0) is 48.7 Å². The van der Waals surface area contributed by atoms with E-state index in [1.165, 1.54) is 12.1 Å². The van der Waals surface area contributed by atoms with Crippen LogP contribution in [0.1, 0.15) is 23.1 Å². The van der Waals surface area contributed by atoms with Crippen molar-refractivity contribution in [3.8, 4) is 6.07 Å². The second-order valence-electron chi connectivity index (χ2n) is 7.18. The Balaban J connectivity index is 1.73. The van der Waals surface area contributed by atoms with Gasteiger partial charge in [0.1, 0.15) is 11.2 Å². The average molecular weight is 372 g/mol. The quantitative estimate of drug-likeness (QED) is 0.543. The van der Waals surface area contributed by atoms with Gasteiger partial charge < -0.3 is 4.90 Å². The van der Waals surface area contributed by atoms with Crippen LogP contribution in [0.5, 0.6) is 0 Å². The summed E-state index contributed by atoms with van der Waals surface area (Å²) < 4.78 is 13.1. The van der Waals surface area contributed by atoms with Gasteiger partial charge in [-0.25, -0.2) is 4.39 Å². The highest BCUT2D eigenvalue weighted by atomic mass is 19.1. The highest BCUT2D eigenvalue weighted by molar-refractivity contribution is 5.45. The largest absolute Gasteiger partial charge is 0.306 e. The highest BCUT2D eigenvalue weighted by Gasteiger charge is 2.34. The lowest BCUT2D eigenvalue weighted by molar-refractivity contribution is 0.315. The highest BCUT2D eigenvalue weighted by Crippen LogP contribution is 2.35. The predicted molar refractivity (Wildman–Crippen MR) is 111 cm³/mol. The first kappa shape index (κ1) is 19.8. The van der Waals surface area contributed by atoms with E-state index in [4.69, 9.17) is 0 Å². The summed E-state index contributed by atoms with van der Waals surface area (Å²) in [6.45, 7) is 1.65. The molecule has 28 heavy (non-hydrogen) atoms. The standard InChI is InChI=1S/C25H25FN2/c1-28(18-16-21-12-14-24(26)15-13-21)19-17-25(20-27,22-8-4-2-5-9-22)23-10-6-3-7-11-23/h2-15H,16-19H2,1H3. The average Bonchev–Trinajstić information content (AvgIpc) is 2.76. The zero-order valence-corrected chi connectivity index (χ0v) is 16.2. The van der Waals surface area contributed by atoms with E-state index in [-0.39, 0.29) is 5.82 Å². The number of hydrogen-bond donors (Lipinski definition) is 0. The van der Waals surface area contributed by atoms with E-state index >= 15 is 0 Å². The Morgan fingerprint density at radius 2 is 1.36 bits per heavy atom. The monoisotopic (exact) mass is 372 g/mol. The summed E-state index contributed by atoms with van der Waals surface area (Å²) in [5.74, 6) is -0.207. The topological polar surface area (TPSA) is 27.0 Å². The molecule has 0 amide bonds. The smallest absolute Gasteiger partial charge is 0.123 e. The van der Waals surface area contributed by atoms with Crippen LogP contribution in [0.3, 0.4) is 0 Å². The van der Waals surface area contributed by atoms with Gasteiger partial charge in [-0.15, -0.1) is 0 Å². The molecule has 0 N–H and O–H groups in total. The number of hydrogen-bond acceptors (Lipinski definition) is 2. The van der Waals surface area contributed by atoms with Crippen molar-refractivity contribution in [3.63, 3.8) is 0 Å². The SMILES string of the molecule is CN(CCc1ccc(F)cc1)CCC(C#N)(c1ccccc1)c1ccccc1. The summed E-state index contributed by atoms with van der Waals surface area (Å²) in [6.07, 6.45) is 1.56. The fraction of sp³-hybridized carbons (Fsp3) is 0.240. The lowest BCUT2D eigenvalue weighted by Gasteiger charge is -2.30. The second-order valence-corrected chi connectivity index (χ2v) is 7.18. The van der Waals surface area contributed by atoms with Gasteiger partial charge in [0.25, 0.3) is 0 Å². The van der Waals surface area contributed by atoms with Crippen LogP contribution in [0.4, 0.5) is 4.39 Å². The molecule has 3 rings (SSSR count). The van der Waals surface area contributed by atoms with Gasteiger partial charge in [-0.3, -0.25) is 0 Å². The molecule has 3 heteroatoms. The van der Waals surface area contributed by atoms with Crippen LogP contribution in [0.25, 0.3) is 0 Å². The Morgan fingerprint density at radius 1 is 0.821 bits per heavy atom. The van der Waals surface area contributed by atoms with Crippen molar-refractivity contribution in [2.24, 2.45) is 0 Å². The number of nitriles is 1. The van der Waals surface area contributed by atoms with Crippen molar-refractivity contribution in [3.05, 3.63) is 107 Å². The van der Waals surface area contributed by atoms with Crippen LogP contribution >= 0.6 is 0 Å². The van der Waals surface area contributed by atoms with Crippen LogP contribution in [-0.2, 0) is 11.8 Å². The minimum Gasteiger partial charge on any atom is -0.306 e. The van der Waals surface area contributed by atoms with Gasteiger partial charge in [0.05, 0.1) is 6.07 Å². The van der Waals surface area contributed by atoms with E-state index in [1.54, 1.807) is 0 Å². The number of likely N-dealkylation sites (N-methyl/N-ethyl adjacent to an activating group) is 1. The van der Waals surface area contributed by atoms with Crippen molar-refractivity contribution < 1.29 is 4.39 Å². The molecule has 0 aliphatic heterocycles. The predicted octanol–water partition coefficient (Wildman–Crippen LogP) is 5.20. The molecule has 0 aromatic heterocycles. The third-order valence-electron chi connectivity index (χ3n) is 5.29. The molecule has 3 aromatic rings. The molecule has 0 aliphatic rings. The molecule has 0 fully saturated rings. The maximum atomic E-state index is 13.1. The maximum Gasteiger partial charge on any atom is 0.123 e. The maximum absolute atomic E-state index is 13.1. The summed E-state index contributed by atoms with van der Waals surface area (Å²) in [6, 6.07) is 29.3. The third kappa shape index (κ3) is 4.65. The Bertz CT molecular complexity index is 859. The summed E-state index contributed by atoms with van der Waals surface area (Å²) >= 11 is 0. The van der Waals surface area contributed by atoms with Crippen molar-refractivity contribution in [1.82, 2.24) is 4.90 Å². The summed E-state index contributed by atoms with van der Waals surface area (Å²) in [4.78, 5) is 2.24. The van der Waals surface area contributed by atoms with Crippen LogP contribution in [0.15, 0.2) is 84.9 Å². The summed E-state index contributed by atoms with van der Waals surface area (Å²) in [5, 5.41) is 10.2. The first-order chi connectivity index (χ1) is 13.6. The van der Waals surface area contributed by atoms with Crippen LogP contribution in [0, 0.1) is 17.1 Å². The summed E-state index contributed by atoms with van der Waals surface area (Å²) in [5.41, 5.74) is 2.49. The van der Waals surface area contributed by atoms with Crippen molar-refractivity contribution >= 4 is 0 Å². The molecule has 3 aromatic carbocycles. The first-order valence-corrected chi connectivity index (χ1v) is 9.59. The summed E-state index contributed by atoms with van der Waals surface area (Å²) in [7, 11) is 2.07. The zero-order valence-electron chi connectivity index (χ0n) is 16.2. The Kier molecular flexibility index (Phi) is 6.57. The van der Waals surface area contributed by atoms with Crippen LogP contribution in [0.2, 0.25) is 0 Å². The lowest BCUT2D eigenvalue weighted by Crippen LogP contribution is -2.32. The van der Waals surface area contributed by atoms with Gasteiger partial charge in [0.15, 0.2) is 0 Å². The minimum atomic E-state index is -0.674. The Labute approximate surface area is 166 Å². The van der Waals surface area contributed by atoms with Crippen molar-refractivity contribution in [1.29, 1.82) is 5.26 Å². The molecule has 0 unspecified atom stereocenters. The van der Waals surface area contributed by atoms with Gasteiger partial charge in [-0.2, -0.15) is 5.26 Å². The number of nitrogens with zero attached hydrogens (tertiary/aromatic N) is 2. The van der Waals surface area contributed by atoms with E-state index < -0.39 is 5.41 Å².